The highest BCUT2D eigenvalue weighted by Gasteiger charge is 2.16. The number of benzene rings is 3. The van der Waals surface area contributed by atoms with Gasteiger partial charge in [-0.1, -0.05) is 48.5 Å². The van der Waals surface area contributed by atoms with Crippen molar-refractivity contribution in [2.45, 2.75) is 32.2 Å². The second-order valence-electron chi connectivity index (χ2n) is 9.37. The second kappa shape index (κ2) is 12.1. The summed E-state index contributed by atoms with van der Waals surface area (Å²) in [6, 6.07) is 26.7. The van der Waals surface area contributed by atoms with E-state index in [4.69, 9.17) is 4.74 Å². The fourth-order valence-corrected chi connectivity index (χ4v) is 4.93. The standard InChI is InChI=1S/C30H34N4O3/c35-19-6-16-32(21-24-11-13-26(14-12-24)37-20-18-33-17-5-15-31-33)22-25(36)23-34-29-9-3-1-7-27(29)28-8-2-4-10-30(28)34/h1-5,7-15,17,25,35-36H,6,16,18-23H2. The van der Waals surface area contributed by atoms with Gasteiger partial charge in [0.25, 0.3) is 0 Å². The highest BCUT2D eigenvalue weighted by molar-refractivity contribution is 6.07. The largest absolute Gasteiger partial charge is 0.492 e. The third-order valence-corrected chi connectivity index (χ3v) is 6.65. The minimum atomic E-state index is -0.553. The number of aromatic nitrogens is 3. The maximum Gasteiger partial charge on any atom is 0.119 e. The Kier molecular flexibility index (Phi) is 8.15. The smallest absolute Gasteiger partial charge is 0.119 e. The maximum absolute atomic E-state index is 11.2. The lowest BCUT2D eigenvalue weighted by Gasteiger charge is -2.26. The van der Waals surface area contributed by atoms with E-state index in [-0.39, 0.29) is 6.61 Å². The van der Waals surface area contributed by atoms with Crippen molar-refractivity contribution in [2.24, 2.45) is 0 Å². The molecule has 0 saturated carbocycles. The van der Waals surface area contributed by atoms with Crippen molar-refractivity contribution in [1.82, 2.24) is 19.2 Å². The summed E-state index contributed by atoms with van der Waals surface area (Å²) < 4.78 is 9.91. The third kappa shape index (κ3) is 6.20. The Morgan fingerprint density at radius 1 is 0.892 bits per heavy atom. The molecule has 7 heteroatoms. The molecule has 3 aromatic carbocycles. The van der Waals surface area contributed by atoms with Crippen molar-refractivity contribution in [1.29, 1.82) is 0 Å². The maximum atomic E-state index is 11.2. The first-order chi connectivity index (χ1) is 18.2. The summed E-state index contributed by atoms with van der Waals surface area (Å²) in [6.07, 6.45) is 3.79. The molecule has 5 rings (SSSR count). The number of nitrogens with zero attached hydrogens (tertiary/aromatic N) is 4. The molecule has 0 aliphatic rings. The molecule has 0 fully saturated rings. The number of hydrogen-bond donors (Lipinski definition) is 2. The molecule has 0 radical (unpaired) electrons. The predicted octanol–water partition coefficient (Wildman–Crippen LogP) is 4.32. The predicted molar refractivity (Wildman–Crippen MR) is 147 cm³/mol. The minimum absolute atomic E-state index is 0.127. The molecular weight excluding hydrogens is 464 g/mol. The number of aliphatic hydroxyl groups excluding tert-OH is 2. The Morgan fingerprint density at radius 2 is 1.59 bits per heavy atom. The van der Waals surface area contributed by atoms with Gasteiger partial charge < -0.3 is 19.5 Å². The molecule has 2 aromatic heterocycles. The zero-order valence-corrected chi connectivity index (χ0v) is 21.0. The molecule has 1 unspecified atom stereocenters. The summed E-state index contributed by atoms with van der Waals surface area (Å²) in [4.78, 5) is 2.21. The van der Waals surface area contributed by atoms with Gasteiger partial charge in [-0.25, -0.2) is 0 Å². The second-order valence-corrected chi connectivity index (χ2v) is 9.37. The van der Waals surface area contributed by atoms with Gasteiger partial charge in [0.1, 0.15) is 12.4 Å². The van der Waals surface area contributed by atoms with E-state index in [2.05, 4.69) is 63.1 Å². The van der Waals surface area contributed by atoms with E-state index in [9.17, 15) is 10.2 Å². The molecule has 1 atom stereocenters. The van der Waals surface area contributed by atoms with Crippen molar-refractivity contribution in [3.63, 3.8) is 0 Å². The molecule has 0 aliphatic heterocycles. The number of ether oxygens (including phenoxy) is 1. The summed E-state index contributed by atoms with van der Waals surface area (Å²) in [5.74, 6) is 0.823. The number of para-hydroxylation sites is 2. The Morgan fingerprint density at radius 3 is 2.24 bits per heavy atom. The van der Waals surface area contributed by atoms with E-state index in [0.717, 1.165) is 22.3 Å². The van der Waals surface area contributed by atoms with E-state index in [0.29, 0.717) is 45.8 Å². The van der Waals surface area contributed by atoms with Crippen molar-refractivity contribution in [3.05, 3.63) is 96.8 Å². The lowest BCUT2D eigenvalue weighted by Crippen LogP contribution is -2.35. The summed E-state index contributed by atoms with van der Waals surface area (Å²) in [6.45, 7) is 3.81. The lowest BCUT2D eigenvalue weighted by atomic mass is 10.2. The minimum Gasteiger partial charge on any atom is -0.492 e. The van der Waals surface area contributed by atoms with Gasteiger partial charge in [-0.15, -0.1) is 0 Å². The number of aliphatic hydroxyl groups is 2. The van der Waals surface area contributed by atoms with Crippen LogP contribution in [0.25, 0.3) is 21.8 Å². The Bertz CT molecular complexity index is 1340. The van der Waals surface area contributed by atoms with Crippen LogP contribution in [0.4, 0.5) is 0 Å². The number of fused-ring (bicyclic) bond motifs is 3. The molecule has 0 saturated heterocycles. The van der Waals surface area contributed by atoms with Crippen LogP contribution < -0.4 is 4.74 Å². The normalized spacial score (nSPS) is 12.5. The van der Waals surface area contributed by atoms with Gasteiger partial charge >= 0.3 is 0 Å². The summed E-state index contributed by atoms with van der Waals surface area (Å²) in [7, 11) is 0. The van der Waals surface area contributed by atoms with Gasteiger partial charge in [0, 0.05) is 60.4 Å². The third-order valence-electron chi connectivity index (χ3n) is 6.65. The highest BCUT2D eigenvalue weighted by atomic mass is 16.5. The van der Waals surface area contributed by atoms with E-state index in [1.54, 1.807) is 6.20 Å². The molecule has 7 nitrogen and oxygen atoms in total. The number of hydrogen-bond acceptors (Lipinski definition) is 5. The SMILES string of the molecule is OCCCN(Cc1ccc(OCCn2cccn2)cc1)CC(O)Cn1c2ccccc2c2ccccc21. The molecule has 0 bridgehead atoms. The van der Waals surface area contributed by atoms with E-state index < -0.39 is 6.10 Å². The van der Waals surface area contributed by atoms with Gasteiger partial charge in [-0.05, 0) is 42.3 Å². The van der Waals surface area contributed by atoms with Gasteiger partial charge in [-0.3, -0.25) is 9.58 Å². The Hall–Kier alpha value is -3.65. The van der Waals surface area contributed by atoms with Crippen molar-refractivity contribution in [3.8, 4) is 5.75 Å². The summed E-state index contributed by atoms with van der Waals surface area (Å²) >= 11 is 0. The molecule has 37 heavy (non-hydrogen) atoms. The fraction of sp³-hybridized carbons (Fsp3) is 0.300. The van der Waals surface area contributed by atoms with Crippen LogP contribution in [0.1, 0.15) is 12.0 Å². The first-order valence-corrected chi connectivity index (χ1v) is 12.9. The van der Waals surface area contributed by atoms with Crippen LogP contribution in [0.3, 0.4) is 0 Å². The van der Waals surface area contributed by atoms with Gasteiger partial charge in [0.05, 0.1) is 19.2 Å². The van der Waals surface area contributed by atoms with Crippen molar-refractivity contribution < 1.29 is 14.9 Å². The topological polar surface area (TPSA) is 75.7 Å². The van der Waals surface area contributed by atoms with Gasteiger partial charge in [0.15, 0.2) is 0 Å². The zero-order valence-electron chi connectivity index (χ0n) is 21.0. The highest BCUT2D eigenvalue weighted by Crippen LogP contribution is 2.29. The first-order valence-electron chi connectivity index (χ1n) is 12.9. The van der Waals surface area contributed by atoms with Crippen molar-refractivity contribution in [2.75, 3.05) is 26.3 Å². The van der Waals surface area contributed by atoms with Crippen LogP contribution in [0.15, 0.2) is 91.3 Å². The molecule has 0 amide bonds. The molecule has 2 N–H and O–H groups in total. The average Bonchev–Trinajstić information content (AvgIpc) is 3.55. The number of rotatable bonds is 13. The average molecular weight is 499 g/mol. The van der Waals surface area contributed by atoms with Crippen LogP contribution in [0.2, 0.25) is 0 Å². The van der Waals surface area contributed by atoms with E-state index >= 15 is 0 Å². The molecular formula is C30H34N4O3. The van der Waals surface area contributed by atoms with Crippen LogP contribution in [-0.4, -0.2) is 61.9 Å². The van der Waals surface area contributed by atoms with Crippen molar-refractivity contribution >= 4 is 21.8 Å². The van der Waals surface area contributed by atoms with Gasteiger partial charge in [-0.2, -0.15) is 5.10 Å². The monoisotopic (exact) mass is 498 g/mol. The van der Waals surface area contributed by atoms with Crippen LogP contribution in [-0.2, 0) is 19.6 Å². The molecule has 0 spiro atoms. The molecule has 2 heterocycles. The molecule has 5 aromatic rings. The zero-order chi connectivity index (χ0) is 25.5. The summed E-state index contributed by atoms with van der Waals surface area (Å²) in [5.41, 5.74) is 3.40. The lowest BCUT2D eigenvalue weighted by molar-refractivity contribution is 0.0921. The van der Waals surface area contributed by atoms with Crippen LogP contribution in [0, 0.1) is 0 Å². The van der Waals surface area contributed by atoms with E-state index in [1.807, 2.05) is 41.2 Å². The Balaban J connectivity index is 1.22. The van der Waals surface area contributed by atoms with Crippen LogP contribution >= 0.6 is 0 Å². The molecule has 0 aliphatic carbocycles. The summed E-state index contributed by atoms with van der Waals surface area (Å²) in [5, 5.41) is 27.2. The van der Waals surface area contributed by atoms with Gasteiger partial charge in [0.2, 0.25) is 0 Å². The fourth-order valence-electron chi connectivity index (χ4n) is 4.93. The molecule has 192 valence electrons. The quantitative estimate of drug-likeness (QED) is 0.253. The first kappa shape index (κ1) is 25.0. The van der Waals surface area contributed by atoms with Crippen LogP contribution in [0.5, 0.6) is 5.75 Å². The van der Waals surface area contributed by atoms with E-state index in [1.165, 1.54) is 10.8 Å². The Labute approximate surface area is 217 Å².